The molecule has 1 aromatic rings. The van der Waals surface area contributed by atoms with E-state index in [1.54, 1.807) is 20.8 Å². The van der Waals surface area contributed by atoms with E-state index in [1.165, 1.54) is 6.42 Å². The van der Waals surface area contributed by atoms with Gasteiger partial charge in [-0.25, -0.2) is 13.2 Å². The SMILES string of the molecule is CCCCCCCCCC[C@H](CC(=O)OC(C)(C)C)C(=O)Oc1c(F)c(F)c(F)c(F)c1F. The first-order valence-corrected chi connectivity index (χ1v) is 11.3. The van der Waals surface area contributed by atoms with Gasteiger partial charge in [0.15, 0.2) is 0 Å². The molecule has 0 aliphatic rings. The van der Waals surface area contributed by atoms with Crippen molar-refractivity contribution in [2.45, 2.75) is 97.5 Å². The maximum absolute atomic E-state index is 13.9. The van der Waals surface area contributed by atoms with Crippen molar-refractivity contribution in [3.05, 3.63) is 29.1 Å². The zero-order chi connectivity index (χ0) is 25.2. The molecule has 4 nitrogen and oxygen atoms in total. The van der Waals surface area contributed by atoms with Crippen molar-refractivity contribution in [1.29, 1.82) is 0 Å². The minimum Gasteiger partial charge on any atom is -0.460 e. The number of benzene rings is 1. The van der Waals surface area contributed by atoms with Crippen molar-refractivity contribution in [2.24, 2.45) is 5.92 Å². The number of carbonyl (C=O) groups excluding carboxylic acids is 2. The summed E-state index contributed by atoms with van der Waals surface area (Å²) in [5, 5.41) is 0. The minimum absolute atomic E-state index is 0.141. The van der Waals surface area contributed by atoms with Gasteiger partial charge in [-0.1, -0.05) is 58.3 Å². The Hall–Kier alpha value is -2.19. The Morgan fingerprint density at radius 1 is 0.758 bits per heavy atom. The van der Waals surface area contributed by atoms with Crippen LogP contribution >= 0.6 is 0 Å². The molecule has 1 rings (SSSR count). The molecule has 188 valence electrons. The van der Waals surface area contributed by atoms with Crippen LogP contribution in [0.1, 0.15) is 91.9 Å². The highest BCUT2D eigenvalue weighted by atomic mass is 19.2. The average Bonchev–Trinajstić information content (AvgIpc) is 2.73. The number of rotatable bonds is 13. The Bertz CT molecular complexity index is 776. The Balaban J connectivity index is 2.86. The molecule has 0 saturated heterocycles. The van der Waals surface area contributed by atoms with Gasteiger partial charge in [0.2, 0.25) is 34.8 Å². The third kappa shape index (κ3) is 9.68. The third-order valence-electron chi connectivity index (χ3n) is 4.94. The molecule has 0 aliphatic carbocycles. The maximum Gasteiger partial charge on any atom is 0.315 e. The normalized spacial score (nSPS) is 12.5. The molecule has 9 heteroatoms. The summed E-state index contributed by atoms with van der Waals surface area (Å²) in [6, 6.07) is 0. The highest BCUT2D eigenvalue weighted by Gasteiger charge is 2.32. The van der Waals surface area contributed by atoms with Gasteiger partial charge >= 0.3 is 11.9 Å². The summed E-state index contributed by atoms with van der Waals surface area (Å²) in [5.41, 5.74) is -0.828. The second-order valence-electron chi connectivity index (χ2n) is 9.07. The van der Waals surface area contributed by atoms with Crippen LogP contribution in [0.3, 0.4) is 0 Å². The van der Waals surface area contributed by atoms with Gasteiger partial charge in [-0.05, 0) is 27.2 Å². The molecule has 33 heavy (non-hydrogen) atoms. The van der Waals surface area contributed by atoms with E-state index in [9.17, 15) is 31.5 Å². The smallest absolute Gasteiger partial charge is 0.315 e. The molecule has 0 heterocycles. The molecule has 0 saturated carbocycles. The molecule has 0 unspecified atom stereocenters. The van der Waals surface area contributed by atoms with Gasteiger partial charge in [0.1, 0.15) is 5.60 Å². The van der Waals surface area contributed by atoms with Gasteiger partial charge in [0.05, 0.1) is 12.3 Å². The molecular weight excluding hydrogens is 447 g/mol. The van der Waals surface area contributed by atoms with E-state index in [1.807, 2.05) is 0 Å². The van der Waals surface area contributed by atoms with E-state index < -0.39 is 64.7 Å². The molecule has 0 amide bonds. The van der Waals surface area contributed by atoms with E-state index in [-0.39, 0.29) is 6.42 Å². The van der Waals surface area contributed by atoms with Crippen molar-refractivity contribution in [2.75, 3.05) is 0 Å². The highest BCUT2D eigenvalue weighted by Crippen LogP contribution is 2.30. The van der Waals surface area contributed by atoms with Crippen LogP contribution in [-0.2, 0) is 14.3 Å². The first-order chi connectivity index (χ1) is 15.4. The van der Waals surface area contributed by atoms with Crippen molar-refractivity contribution in [3.63, 3.8) is 0 Å². The predicted octanol–water partition coefficient (Wildman–Crippen LogP) is 7.17. The second-order valence-corrected chi connectivity index (χ2v) is 9.07. The largest absolute Gasteiger partial charge is 0.460 e. The average molecular weight is 481 g/mol. The summed E-state index contributed by atoms with van der Waals surface area (Å²) in [5.74, 6) is -16.1. The fraction of sp³-hybridized carbons (Fsp3) is 0.667. The van der Waals surface area contributed by atoms with Crippen LogP contribution in [0.2, 0.25) is 0 Å². The number of carbonyl (C=O) groups is 2. The fourth-order valence-corrected chi connectivity index (χ4v) is 3.27. The number of ether oxygens (including phenoxy) is 2. The number of hydrogen-bond donors (Lipinski definition) is 0. The zero-order valence-electron chi connectivity index (χ0n) is 19.7. The van der Waals surface area contributed by atoms with E-state index in [4.69, 9.17) is 4.74 Å². The van der Waals surface area contributed by atoms with Crippen LogP contribution in [0.25, 0.3) is 0 Å². The molecule has 1 atom stereocenters. The maximum atomic E-state index is 13.9. The Morgan fingerprint density at radius 2 is 1.21 bits per heavy atom. The van der Waals surface area contributed by atoms with Crippen molar-refractivity contribution in [3.8, 4) is 5.75 Å². The predicted molar refractivity (Wildman–Crippen MR) is 113 cm³/mol. The Labute approximate surface area is 191 Å². The number of halogens is 5. The van der Waals surface area contributed by atoms with Gasteiger partial charge in [0.25, 0.3) is 0 Å². The van der Waals surface area contributed by atoms with Crippen LogP contribution in [-0.4, -0.2) is 17.5 Å². The monoisotopic (exact) mass is 480 g/mol. The van der Waals surface area contributed by atoms with E-state index in [2.05, 4.69) is 11.7 Å². The summed E-state index contributed by atoms with van der Waals surface area (Å²) in [4.78, 5) is 24.8. The highest BCUT2D eigenvalue weighted by molar-refractivity contribution is 5.81. The quantitative estimate of drug-likeness (QED) is 0.0750. The fourth-order valence-electron chi connectivity index (χ4n) is 3.27. The number of esters is 2. The zero-order valence-corrected chi connectivity index (χ0v) is 19.7. The lowest BCUT2D eigenvalue weighted by atomic mass is 9.97. The van der Waals surface area contributed by atoms with E-state index >= 15 is 0 Å². The standard InChI is InChI=1S/C24H33F5O4/c1-5-6-7-8-9-10-11-12-13-15(14-16(30)33-24(2,3)4)23(31)32-22-20(28)18(26)17(25)19(27)21(22)29/h15H,5-14H2,1-4H3/t15-/m1/s1. The number of hydrogen-bond acceptors (Lipinski definition) is 4. The molecular formula is C24H33F5O4. The van der Waals surface area contributed by atoms with Crippen molar-refractivity contribution < 1.29 is 41.0 Å². The van der Waals surface area contributed by atoms with Gasteiger partial charge in [0, 0.05) is 0 Å². The van der Waals surface area contributed by atoms with Gasteiger partial charge in [-0.2, -0.15) is 8.78 Å². The van der Waals surface area contributed by atoms with Crippen LogP contribution in [0.4, 0.5) is 22.0 Å². The number of unbranched alkanes of at least 4 members (excludes halogenated alkanes) is 7. The first-order valence-electron chi connectivity index (χ1n) is 11.3. The molecule has 0 spiro atoms. The van der Waals surface area contributed by atoms with E-state index in [0.29, 0.717) is 6.42 Å². The van der Waals surface area contributed by atoms with Crippen LogP contribution < -0.4 is 4.74 Å². The van der Waals surface area contributed by atoms with Crippen LogP contribution in [0.5, 0.6) is 5.75 Å². The third-order valence-corrected chi connectivity index (χ3v) is 4.94. The summed E-state index contributed by atoms with van der Waals surface area (Å²) < 4.78 is 77.6. The van der Waals surface area contributed by atoms with Crippen molar-refractivity contribution >= 4 is 11.9 Å². The first kappa shape index (κ1) is 28.8. The van der Waals surface area contributed by atoms with Crippen molar-refractivity contribution in [1.82, 2.24) is 0 Å². The Kier molecular flexibility index (Phi) is 11.8. The minimum atomic E-state index is -2.35. The second kappa shape index (κ2) is 13.5. The summed E-state index contributed by atoms with van der Waals surface area (Å²) in [6.07, 6.45) is 7.45. The lowest BCUT2D eigenvalue weighted by Crippen LogP contribution is -2.29. The van der Waals surface area contributed by atoms with Gasteiger partial charge < -0.3 is 9.47 Å². The lowest BCUT2D eigenvalue weighted by Gasteiger charge is -2.22. The molecule has 0 aliphatic heterocycles. The summed E-state index contributed by atoms with van der Waals surface area (Å²) >= 11 is 0. The van der Waals surface area contributed by atoms with Gasteiger partial charge in [-0.15, -0.1) is 0 Å². The van der Waals surface area contributed by atoms with E-state index in [0.717, 1.165) is 38.5 Å². The molecule has 0 fully saturated rings. The molecule has 1 aromatic carbocycles. The van der Waals surface area contributed by atoms with Crippen LogP contribution in [0, 0.1) is 35.0 Å². The van der Waals surface area contributed by atoms with Gasteiger partial charge in [-0.3, -0.25) is 9.59 Å². The lowest BCUT2D eigenvalue weighted by molar-refractivity contribution is -0.159. The topological polar surface area (TPSA) is 52.6 Å². The summed E-state index contributed by atoms with van der Waals surface area (Å²) in [6.45, 7) is 7.01. The molecule has 0 aromatic heterocycles. The molecule has 0 N–H and O–H groups in total. The Morgan fingerprint density at radius 3 is 1.70 bits per heavy atom. The molecule has 0 radical (unpaired) electrons. The summed E-state index contributed by atoms with van der Waals surface area (Å²) in [7, 11) is 0. The molecule has 0 bridgehead atoms. The van der Waals surface area contributed by atoms with Crippen LogP contribution in [0.15, 0.2) is 0 Å².